The average molecular weight is 474 g/mol. The van der Waals surface area contributed by atoms with E-state index in [1.165, 1.54) is 11.2 Å². The fourth-order valence-corrected chi connectivity index (χ4v) is 4.57. The lowest BCUT2D eigenvalue weighted by molar-refractivity contribution is -0.132. The molecule has 1 fully saturated rings. The van der Waals surface area contributed by atoms with Crippen molar-refractivity contribution < 1.29 is 23.8 Å². The number of aliphatic hydroxyl groups excluding tert-OH is 1. The molecule has 1 aliphatic heterocycles. The van der Waals surface area contributed by atoms with Gasteiger partial charge in [-0.15, -0.1) is 0 Å². The lowest BCUT2D eigenvalue weighted by atomic mass is 9.84. The Hall–Kier alpha value is -3.80. The Morgan fingerprint density at radius 2 is 1.83 bits per heavy atom. The summed E-state index contributed by atoms with van der Waals surface area (Å²) in [5.74, 6) is -0.593. The normalized spacial score (nSPS) is 17.8. The molecule has 4 rings (SSSR count). The van der Waals surface area contributed by atoms with Gasteiger partial charge in [0.25, 0.3) is 11.7 Å². The molecule has 0 saturated carbocycles. The monoisotopic (exact) mass is 473 g/mol. The quantitative estimate of drug-likeness (QED) is 0.270. The van der Waals surface area contributed by atoms with E-state index in [9.17, 15) is 14.7 Å². The standard InChI is InChI=1S/C29H31NO5/c1-7-34-22-13-11-19(16-20(22)29(4,5)6)26(31)24-25(23-9-8-14-35-23)30(28(33)27(24)32)21-12-10-17(2)15-18(21)3/h8-16,25,31H,7H2,1-6H3/b26-24-. The minimum atomic E-state index is -0.893. The molecule has 35 heavy (non-hydrogen) atoms. The van der Waals surface area contributed by atoms with E-state index in [1.54, 1.807) is 24.3 Å². The Morgan fingerprint density at radius 1 is 1.09 bits per heavy atom. The molecule has 1 saturated heterocycles. The Labute approximate surface area is 205 Å². The third-order valence-corrected chi connectivity index (χ3v) is 6.23. The lowest BCUT2D eigenvalue weighted by Gasteiger charge is -2.26. The number of ether oxygens (including phenoxy) is 1. The number of carbonyl (C=O) groups is 2. The highest BCUT2D eigenvalue weighted by atomic mass is 16.5. The second-order valence-electron chi connectivity index (χ2n) is 9.87. The van der Waals surface area contributed by atoms with Crippen LogP contribution in [0.4, 0.5) is 5.69 Å². The van der Waals surface area contributed by atoms with Crippen LogP contribution in [-0.4, -0.2) is 23.4 Å². The van der Waals surface area contributed by atoms with Gasteiger partial charge in [0.05, 0.1) is 18.4 Å². The van der Waals surface area contributed by atoms with Crippen LogP contribution in [0, 0.1) is 13.8 Å². The van der Waals surface area contributed by atoms with Crippen molar-refractivity contribution in [2.75, 3.05) is 11.5 Å². The van der Waals surface area contributed by atoms with Crippen molar-refractivity contribution in [1.82, 2.24) is 0 Å². The molecule has 0 bridgehead atoms. The van der Waals surface area contributed by atoms with Gasteiger partial charge in [-0.3, -0.25) is 14.5 Å². The first-order valence-corrected chi connectivity index (χ1v) is 11.7. The molecule has 1 aliphatic rings. The Balaban J connectivity index is 1.93. The van der Waals surface area contributed by atoms with Crippen molar-refractivity contribution in [2.45, 2.75) is 53.0 Å². The highest BCUT2D eigenvalue weighted by Crippen LogP contribution is 2.44. The third-order valence-electron chi connectivity index (χ3n) is 6.23. The first-order chi connectivity index (χ1) is 16.5. The van der Waals surface area contributed by atoms with E-state index in [4.69, 9.17) is 9.15 Å². The third kappa shape index (κ3) is 4.36. The number of carbonyl (C=O) groups excluding carboxylic acids is 2. The van der Waals surface area contributed by atoms with E-state index in [0.717, 1.165) is 22.4 Å². The number of aryl methyl sites for hydroxylation is 2. The number of ketones is 1. The van der Waals surface area contributed by atoms with Crippen molar-refractivity contribution in [1.29, 1.82) is 0 Å². The van der Waals surface area contributed by atoms with Gasteiger partial charge in [0, 0.05) is 16.8 Å². The van der Waals surface area contributed by atoms with E-state index in [-0.39, 0.29) is 16.7 Å². The molecule has 1 aromatic heterocycles. The molecule has 6 heteroatoms. The molecule has 2 heterocycles. The summed E-state index contributed by atoms with van der Waals surface area (Å²) in [4.78, 5) is 28.1. The predicted octanol–water partition coefficient (Wildman–Crippen LogP) is 6.22. The smallest absolute Gasteiger partial charge is 0.300 e. The van der Waals surface area contributed by atoms with Crippen molar-refractivity contribution in [2.24, 2.45) is 0 Å². The first kappa shape index (κ1) is 24.3. The number of anilines is 1. The second-order valence-corrected chi connectivity index (χ2v) is 9.87. The van der Waals surface area contributed by atoms with Gasteiger partial charge in [-0.05, 0) is 68.1 Å². The Morgan fingerprint density at radius 3 is 2.43 bits per heavy atom. The zero-order valence-electron chi connectivity index (χ0n) is 21.0. The molecule has 1 N–H and O–H groups in total. The minimum Gasteiger partial charge on any atom is -0.507 e. The molecule has 1 amide bonds. The van der Waals surface area contributed by atoms with Gasteiger partial charge in [-0.25, -0.2) is 0 Å². The lowest BCUT2D eigenvalue weighted by Crippen LogP contribution is -2.30. The molecular formula is C29H31NO5. The molecule has 1 atom stereocenters. The van der Waals surface area contributed by atoms with E-state index >= 15 is 0 Å². The topological polar surface area (TPSA) is 80.0 Å². The van der Waals surface area contributed by atoms with Crippen LogP contribution in [0.5, 0.6) is 5.75 Å². The van der Waals surface area contributed by atoms with Gasteiger partial charge in [-0.2, -0.15) is 0 Å². The maximum atomic E-state index is 13.4. The number of rotatable bonds is 5. The molecule has 0 radical (unpaired) electrons. The summed E-state index contributed by atoms with van der Waals surface area (Å²) in [5, 5.41) is 11.5. The van der Waals surface area contributed by atoms with E-state index in [0.29, 0.717) is 23.6 Å². The molecule has 0 aliphatic carbocycles. The zero-order valence-corrected chi connectivity index (χ0v) is 21.0. The Kier molecular flexibility index (Phi) is 6.32. The molecule has 3 aromatic rings. The van der Waals surface area contributed by atoms with Crippen LogP contribution in [0.3, 0.4) is 0 Å². The highest BCUT2D eigenvalue weighted by Gasteiger charge is 2.48. The van der Waals surface area contributed by atoms with Crippen molar-refractivity contribution in [3.8, 4) is 5.75 Å². The summed E-state index contributed by atoms with van der Waals surface area (Å²) in [6, 6.07) is 13.5. The number of furan rings is 1. The number of hydrogen-bond acceptors (Lipinski definition) is 5. The Bertz CT molecular complexity index is 1310. The van der Waals surface area contributed by atoms with Crippen LogP contribution < -0.4 is 9.64 Å². The number of Topliss-reactive ketones (excluding diaryl/α,β-unsaturated/α-hetero) is 1. The summed E-state index contributed by atoms with van der Waals surface area (Å²) in [6.45, 7) is 12.4. The van der Waals surface area contributed by atoms with Crippen molar-refractivity contribution in [3.05, 3.63) is 88.4 Å². The highest BCUT2D eigenvalue weighted by molar-refractivity contribution is 6.51. The van der Waals surface area contributed by atoms with Crippen LogP contribution in [0.2, 0.25) is 0 Å². The SMILES string of the molecule is CCOc1ccc(/C(O)=C2/C(=O)C(=O)N(c3ccc(C)cc3C)C2c2ccco2)cc1C(C)(C)C. The molecular weight excluding hydrogens is 442 g/mol. The summed E-state index contributed by atoms with van der Waals surface area (Å²) in [6.07, 6.45) is 1.49. The van der Waals surface area contributed by atoms with Gasteiger partial charge < -0.3 is 14.3 Å². The molecule has 182 valence electrons. The zero-order chi connectivity index (χ0) is 25.5. The number of hydrogen-bond donors (Lipinski definition) is 1. The van der Waals surface area contributed by atoms with E-state index in [2.05, 4.69) is 20.8 Å². The molecule has 2 aromatic carbocycles. The summed E-state index contributed by atoms with van der Waals surface area (Å²) < 4.78 is 11.5. The molecule has 0 spiro atoms. The van der Waals surface area contributed by atoms with Crippen LogP contribution in [-0.2, 0) is 15.0 Å². The van der Waals surface area contributed by atoms with Crippen LogP contribution in [0.1, 0.15) is 61.8 Å². The van der Waals surface area contributed by atoms with E-state index in [1.807, 2.05) is 45.0 Å². The summed E-state index contributed by atoms with van der Waals surface area (Å²) in [7, 11) is 0. The van der Waals surface area contributed by atoms with Gasteiger partial charge in [0.15, 0.2) is 0 Å². The molecule has 1 unspecified atom stereocenters. The first-order valence-electron chi connectivity index (χ1n) is 11.7. The average Bonchev–Trinajstić information content (AvgIpc) is 3.41. The van der Waals surface area contributed by atoms with Crippen LogP contribution in [0.15, 0.2) is 64.8 Å². The fourth-order valence-electron chi connectivity index (χ4n) is 4.57. The molecule has 6 nitrogen and oxygen atoms in total. The largest absolute Gasteiger partial charge is 0.507 e. The van der Waals surface area contributed by atoms with Gasteiger partial charge in [0.1, 0.15) is 23.3 Å². The van der Waals surface area contributed by atoms with Crippen LogP contribution in [0.25, 0.3) is 5.76 Å². The maximum Gasteiger partial charge on any atom is 0.300 e. The summed E-state index contributed by atoms with van der Waals surface area (Å²) in [5.41, 5.74) is 3.54. The van der Waals surface area contributed by atoms with Gasteiger partial charge >= 0.3 is 0 Å². The fraction of sp³-hybridized carbons (Fsp3) is 0.310. The number of amides is 1. The number of benzene rings is 2. The number of aliphatic hydroxyl groups is 1. The van der Waals surface area contributed by atoms with Crippen molar-refractivity contribution in [3.63, 3.8) is 0 Å². The van der Waals surface area contributed by atoms with Gasteiger partial charge in [-0.1, -0.05) is 38.5 Å². The number of nitrogens with zero attached hydrogens (tertiary/aromatic N) is 1. The van der Waals surface area contributed by atoms with Gasteiger partial charge in [0.2, 0.25) is 0 Å². The van der Waals surface area contributed by atoms with E-state index < -0.39 is 17.7 Å². The minimum absolute atomic E-state index is 0.00561. The van der Waals surface area contributed by atoms with Crippen LogP contribution >= 0.6 is 0 Å². The maximum absolute atomic E-state index is 13.4. The summed E-state index contributed by atoms with van der Waals surface area (Å²) >= 11 is 0. The van der Waals surface area contributed by atoms with Crippen molar-refractivity contribution >= 4 is 23.1 Å². The second kappa shape index (κ2) is 9.10. The predicted molar refractivity (Wildman–Crippen MR) is 136 cm³/mol.